The number of rotatable bonds is 4. The first-order valence-corrected chi connectivity index (χ1v) is 8.01. The van der Waals surface area contributed by atoms with E-state index in [0.717, 1.165) is 16.6 Å². The van der Waals surface area contributed by atoms with Crippen LogP contribution in [-0.2, 0) is 0 Å². The molecule has 1 fully saturated rings. The van der Waals surface area contributed by atoms with Crippen LogP contribution in [0.5, 0.6) is 11.5 Å². The number of nitrogens with one attached hydrogen (secondary N) is 2. The van der Waals surface area contributed by atoms with Gasteiger partial charge in [0.1, 0.15) is 13.2 Å². The van der Waals surface area contributed by atoms with E-state index in [2.05, 4.69) is 36.6 Å². The van der Waals surface area contributed by atoms with Crippen molar-refractivity contribution in [2.45, 2.75) is 38.8 Å². The molecular formula is C16H22N2O2S. The van der Waals surface area contributed by atoms with Crippen LogP contribution in [0.2, 0.25) is 0 Å². The Balaban J connectivity index is 1.74. The van der Waals surface area contributed by atoms with Crippen LogP contribution in [0.4, 0.5) is 0 Å². The smallest absolute Gasteiger partial charge is 0.167 e. The average Bonchev–Trinajstić information content (AvgIpc) is 3.28. The molecule has 4 nitrogen and oxygen atoms in total. The zero-order chi connectivity index (χ0) is 14.8. The van der Waals surface area contributed by atoms with E-state index in [1.807, 2.05) is 6.07 Å². The molecule has 21 heavy (non-hydrogen) atoms. The fourth-order valence-electron chi connectivity index (χ4n) is 2.48. The summed E-state index contributed by atoms with van der Waals surface area (Å²) in [7, 11) is 0. The van der Waals surface area contributed by atoms with Crippen LogP contribution < -0.4 is 20.1 Å². The molecule has 0 spiro atoms. The first-order valence-electron chi connectivity index (χ1n) is 7.60. The minimum atomic E-state index is 0.166. The summed E-state index contributed by atoms with van der Waals surface area (Å²) in [5.41, 5.74) is 1.18. The lowest BCUT2D eigenvalue weighted by molar-refractivity contribution is 0.171. The molecule has 0 radical (unpaired) electrons. The summed E-state index contributed by atoms with van der Waals surface area (Å²) in [6.07, 6.45) is 2.44. The minimum Gasteiger partial charge on any atom is -0.486 e. The molecule has 1 aromatic rings. The Morgan fingerprint density at radius 2 is 1.90 bits per heavy atom. The van der Waals surface area contributed by atoms with Crippen molar-refractivity contribution in [2.75, 3.05) is 13.2 Å². The second-order valence-corrected chi connectivity index (χ2v) is 6.43. The molecule has 0 aromatic heterocycles. The highest BCUT2D eigenvalue weighted by Crippen LogP contribution is 2.34. The highest BCUT2D eigenvalue weighted by molar-refractivity contribution is 7.80. The van der Waals surface area contributed by atoms with Crippen LogP contribution in [0.25, 0.3) is 0 Å². The van der Waals surface area contributed by atoms with Crippen molar-refractivity contribution in [3.8, 4) is 11.5 Å². The Morgan fingerprint density at radius 3 is 2.57 bits per heavy atom. The van der Waals surface area contributed by atoms with E-state index in [0.29, 0.717) is 25.2 Å². The van der Waals surface area contributed by atoms with E-state index in [-0.39, 0.29) is 6.04 Å². The Labute approximate surface area is 131 Å². The van der Waals surface area contributed by atoms with Crippen LogP contribution in [0, 0.1) is 5.92 Å². The molecule has 2 N–H and O–H groups in total. The fourth-order valence-corrected chi connectivity index (χ4v) is 2.78. The Kier molecular flexibility index (Phi) is 4.19. The largest absolute Gasteiger partial charge is 0.486 e. The van der Waals surface area contributed by atoms with Gasteiger partial charge in [-0.25, -0.2) is 0 Å². The van der Waals surface area contributed by atoms with Gasteiger partial charge < -0.3 is 20.1 Å². The van der Waals surface area contributed by atoms with Crippen LogP contribution in [0.3, 0.4) is 0 Å². The molecule has 1 atom stereocenters. The van der Waals surface area contributed by atoms with E-state index in [9.17, 15) is 0 Å². The molecule has 5 heteroatoms. The third kappa shape index (κ3) is 3.59. The third-order valence-corrected chi connectivity index (χ3v) is 4.03. The Hall–Kier alpha value is -1.49. The number of thiocarbonyl (C=S) groups is 1. The number of hydrogen-bond acceptors (Lipinski definition) is 3. The van der Waals surface area contributed by atoms with Gasteiger partial charge in [-0.1, -0.05) is 19.9 Å². The predicted molar refractivity (Wildman–Crippen MR) is 86.9 cm³/mol. The summed E-state index contributed by atoms with van der Waals surface area (Å²) in [6, 6.07) is 6.87. The second kappa shape index (κ2) is 6.10. The zero-order valence-corrected chi connectivity index (χ0v) is 13.3. The zero-order valence-electron chi connectivity index (χ0n) is 12.5. The first-order chi connectivity index (χ1) is 10.1. The quantitative estimate of drug-likeness (QED) is 0.837. The first kappa shape index (κ1) is 14.4. The van der Waals surface area contributed by atoms with Gasteiger partial charge in [-0.05, 0) is 48.7 Å². The number of benzene rings is 1. The maximum atomic E-state index is 5.67. The van der Waals surface area contributed by atoms with E-state index >= 15 is 0 Å². The third-order valence-electron chi connectivity index (χ3n) is 3.79. The van der Waals surface area contributed by atoms with E-state index < -0.39 is 0 Å². The molecule has 0 bridgehead atoms. The lowest BCUT2D eigenvalue weighted by Crippen LogP contribution is -2.40. The van der Waals surface area contributed by atoms with Gasteiger partial charge >= 0.3 is 0 Å². The summed E-state index contributed by atoms with van der Waals surface area (Å²) < 4.78 is 11.2. The van der Waals surface area contributed by atoms with E-state index in [1.54, 1.807) is 0 Å². The predicted octanol–water partition coefficient (Wildman–Crippen LogP) is 2.78. The summed E-state index contributed by atoms with van der Waals surface area (Å²) in [4.78, 5) is 0. The van der Waals surface area contributed by atoms with Gasteiger partial charge in [-0.2, -0.15) is 0 Å². The lowest BCUT2D eigenvalue weighted by Gasteiger charge is -2.26. The molecule has 3 rings (SSSR count). The van der Waals surface area contributed by atoms with Crippen LogP contribution in [-0.4, -0.2) is 24.4 Å². The van der Waals surface area contributed by atoms with Crippen LogP contribution >= 0.6 is 12.2 Å². The lowest BCUT2D eigenvalue weighted by atomic mass is 9.96. The van der Waals surface area contributed by atoms with Crippen molar-refractivity contribution in [3.63, 3.8) is 0 Å². The maximum absolute atomic E-state index is 5.67. The maximum Gasteiger partial charge on any atom is 0.167 e. The fraction of sp³-hybridized carbons (Fsp3) is 0.562. The number of ether oxygens (including phenoxy) is 2. The molecule has 1 aliphatic carbocycles. The summed E-state index contributed by atoms with van der Waals surface area (Å²) in [5.74, 6) is 2.07. The van der Waals surface area contributed by atoms with E-state index in [4.69, 9.17) is 21.7 Å². The van der Waals surface area contributed by atoms with Gasteiger partial charge in [0, 0.05) is 6.04 Å². The second-order valence-electron chi connectivity index (χ2n) is 6.02. The van der Waals surface area contributed by atoms with Gasteiger partial charge in [0.25, 0.3) is 0 Å². The van der Waals surface area contributed by atoms with Crippen molar-refractivity contribution < 1.29 is 9.47 Å². The van der Waals surface area contributed by atoms with Crippen molar-refractivity contribution in [3.05, 3.63) is 23.8 Å². The van der Waals surface area contributed by atoms with Crippen LogP contribution in [0.1, 0.15) is 38.3 Å². The standard InChI is InChI=1S/C16H22N2O2S/c1-10(2)15(18-16(21)17-12-4-5-12)11-3-6-13-14(9-11)20-8-7-19-13/h3,6,9-10,12,15H,4-5,7-8H2,1-2H3,(H2,17,18,21)/t15-/m1/s1. The van der Waals surface area contributed by atoms with Crippen molar-refractivity contribution in [1.29, 1.82) is 0 Å². The van der Waals surface area contributed by atoms with Crippen molar-refractivity contribution in [2.24, 2.45) is 5.92 Å². The topological polar surface area (TPSA) is 42.5 Å². The van der Waals surface area contributed by atoms with Gasteiger partial charge in [-0.15, -0.1) is 0 Å². The van der Waals surface area contributed by atoms with Crippen molar-refractivity contribution >= 4 is 17.3 Å². The highest BCUT2D eigenvalue weighted by atomic mass is 32.1. The Morgan fingerprint density at radius 1 is 1.19 bits per heavy atom. The number of hydrogen-bond donors (Lipinski definition) is 2. The minimum absolute atomic E-state index is 0.166. The molecule has 114 valence electrons. The summed E-state index contributed by atoms with van der Waals surface area (Å²) >= 11 is 5.41. The molecule has 0 unspecified atom stereocenters. The Bertz CT molecular complexity index is 529. The number of fused-ring (bicyclic) bond motifs is 1. The normalized spacial score (nSPS) is 18.2. The van der Waals surface area contributed by atoms with Gasteiger partial charge in [0.2, 0.25) is 0 Å². The molecule has 1 heterocycles. The summed E-state index contributed by atoms with van der Waals surface area (Å²) in [6.45, 7) is 5.61. The van der Waals surface area contributed by atoms with Crippen LogP contribution in [0.15, 0.2) is 18.2 Å². The van der Waals surface area contributed by atoms with Gasteiger partial charge in [0.15, 0.2) is 16.6 Å². The van der Waals surface area contributed by atoms with E-state index in [1.165, 1.54) is 18.4 Å². The molecule has 0 saturated heterocycles. The molecule has 2 aliphatic rings. The van der Waals surface area contributed by atoms with Crippen molar-refractivity contribution in [1.82, 2.24) is 10.6 Å². The average molecular weight is 306 g/mol. The SMILES string of the molecule is CC(C)[C@@H](NC(=S)NC1CC1)c1ccc2c(c1)OCCO2. The molecule has 1 aliphatic heterocycles. The molecule has 0 amide bonds. The highest BCUT2D eigenvalue weighted by Gasteiger charge is 2.24. The molecular weight excluding hydrogens is 284 g/mol. The monoisotopic (exact) mass is 306 g/mol. The molecule has 1 aromatic carbocycles. The van der Waals surface area contributed by atoms with Gasteiger partial charge in [0.05, 0.1) is 6.04 Å². The van der Waals surface area contributed by atoms with Gasteiger partial charge in [-0.3, -0.25) is 0 Å². The summed E-state index contributed by atoms with van der Waals surface area (Å²) in [5, 5.41) is 7.51. The molecule has 1 saturated carbocycles.